The molecule has 3 rings (SSSR count). The number of aliphatic carboxylic acids is 2. The Hall–Kier alpha value is -3.45. The number of carboxylic acid groups (broad SMARTS) is 2. The van der Waals surface area contributed by atoms with E-state index in [-0.39, 0.29) is 12.8 Å². The summed E-state index contributed by atoms with van der Waals surface area (Å²) in [5, 5.41) is 22.0. The van der Waals surface area contributed by atoms with E-state index in [1.165, 1.54) is 0 Å². The summed E-state index contributed by atoms with van der Waals surface area (Å²) in [6.45, 7) is 0.564. The van der Waals surface area contributed by atoms with Crippen molar-refractivity contribution in [3.05, 3.63) is 90.0 Å². The zero-order valence-electron chi connectivity index (χ0n) is 15.8. The van der Waals surface area contributed by atoms with Gasteiger partial charge in [-0.1, -0.05) is 60.7 Å². The van der Waals surface area contributed by atoms with Gasteiger partial charge in [0.05, 0.1) is 6.33 Å². The van der Waals surface area contributed by atoms with E-state index in [0.29, 0.717) is 6.54 Å². The van der Waals surface area contributed by atoms with E-state index < -0.39 is 24.0 Å². The Kier molecular flexibility index (Phi) is 6.76. The van der Waals surface area contributed by atoms with Crippen molar-refractivity contribution in [3.63, 3.8) is 0 Å². The van der Waals surface area contributed by atoms with Crippen LogP contribution in [0.25, 0.3) is 0 Å². The summed E-state index contributed by atoms with van der Waals surface area (Å²) in [6.07, 6.45) is 3.59. The predicted molar refractivity (Wildman–Crippen MR) is 108 cm³/mol. The monoisotopic (exact) mass is 393 g/mol. The summed E-state index contributed by atoms with van der Waals surface area (Å²) in [5.74, 6) is -2.19. The van der Waals surface area contributed by atoms with Crippen LogP contribution in [0.5, 0.6) is 0 Å². The number of nitrogens with zero attached hydrogens (tertiary/aromatic N) is 2. The van der Waals surface area contributed by atoms with E-state index >= 15 is 0 Å². The molecule has 3 aromatic rings. The number of carboxylic acids is 2. The van der Waals surface area contributed by atoms with E-state index in [9.17, 15) is 19.8 Å². The van der Waals surface area contributed by atoms with Gasteiger partial charge in [-0.15, -0.1) is 0 Å². The Labute approximate surface area is 168 Å². The molecule has 29 heavy (non-hydrogen) atoms. The van der Waals surface area contributed by atoms with Crippen LogP contribution in [0.2, 0.25) is 0 Å². The van der Waals surface area contributed by atoms with Crippen LogP contribution in [0.3, 0.4) is 0 Å². The van der Waals surface area contributed by atoms with Crippen LogP contribution < -0.4 is 5.32 Å². The lowest BCUT2D eigenvalue weighted by molar-refractivity contribution is -0.142. The molecule has 2 unspecified atom stereocenters. The molecule has 0 aliphatic carbocycles. The van der Waals surface area contributed by atoms with Gasteiger partial charge in [0.25, 0.3) is 0 Å². The van der Waals surface area contributed by atoms with E-state index in [0.717, 1.165) is 16.8 Å². The molecular formula is C22H23N3O4. The summed E-state index contributed by atoms with van der Waals surface area (Å²) >= 11 is 0. The smallest absolute Gasteiger partial charge is 0.321 e. The molecule has 0 saturated carbocycles. The van der Waals surface area contributed by atoms with Crippen LogP contribution in [-0.2, 0) is 29.0 Å². The quantitative estimate of drug-likeness (QED) is 0.488. The fourth-order valence-electron chi connectivity index (χ4n) is 3.18. The van der Waals surface area contributed by atoms with Crippen molar-refractivity contribution in [2.24, 2.45) is 0 Å². The topological polar surface area (TPSA) is 104 Å². The number of imidazole rings is 1. The molecule has 0 radical (unpaired) electrons. The lowest BCUT2D eigenvalue weighted by Crippen LogP contribution is -2.49. The van der Waals surface area contributed by atoms with E-state index in [2.05, 4.69) is 10.3 Å². The van der Waals surface area contributed by atoms with Crippen molar-refractivity contribution in [2.75, 3.05) is 0 Å². The highest BCUT2D eigenvalue weighted by atomic mass is 16.4. The minimum absolute atomic E-state index is 0.126. The van der Waals surface area contributed by atoms with Crippen molar-refractivity contribution in [1.82, 2.24) is 14.9 Å². The maximum atomic E-state index is 11.8. The van der Waals surface area contributed by atoms with Crippen LogP contribution in [-0.4, -0.2) is 43.8 Å². The molecule has 0 spiro atoms. The van der Waals surface area contributed by atoms with E-state index in [4.69, 9.17) is 0 Å². The van der Waals surface area contributed by atoms with E-state index in [1.54, 1.807) is 12.5 Å². The normalized spacial score (nSPS) is 13.0. The van der Waals surface area contributed by atoms with Gasteiger partial charge in [0.1, 0.15) is 12.1 Å². The third-order valence-corrected chi connectivity index (χ3v) is 4.69. The molecule has 2 aromatic carbocycles. The molecule has 3 N–H and O–H groups in total. The molecule has 7 heteroatoms. The molecule has 150 valence electrons. The van der Waals surface area contributed by atoms with Gasteiger partial charge < -0.3 is 14.8 Å². The highest BCUT2D eigenvalue weighted by Crippen LogP contribution is 2.11. The highest BCUT2D eigenvalue weighted by Gasteiger charge is 2.27. The van der Waals surface area contributed by atoms with Crippen LogP contribution in [0, 0.1) is 0 Å². The van der Waals surface area contributed by atoms with Gasteiger partial charge in [0, 0.05) is 24.9 Å². The van der Waals surface area contributed by atoms with Gasteiger partial charge in [-0.25, -0.2) is 4.98 Å². The Morgan fingerprint density at radius 1 is 0.862 bits per heavy atom. The minimum Gasteiger partial charge on any atom is -0.480 e. The van der Waals surface area contributed by atoms with Crippen LogP contribution in [0.15, 0.2) is 73.2 Å². The average Bonchev–Trinajstić information content (AvgIpc) is 3.14. The maximum absolute atomic E-state index is 11.8. The van der Waals surface area contributed by atoms with Crippen molar-refractivity contribution < 1.29 is 19.8 Å². The van der Waals surface area contributed by atoms with Crippen LogP contribution >= 0.6 is 0 Å². The first-order valence-electron chi connectivity index (χ1n) is 9.31. The fourth-order valence-corrected chi connectivity index (χ4v) is 3.18. The number of hydrogen-bond acceptors (Lipinski definition) is 4. The molecular weight excluding hydrogens is 370 g/mol. The molecule has 0 saturated heterocycles. The number of aromatic nitrogens is 2. The second-order valence-corrected chi connectivity index (χ2v) is 6.84. The van der Waals surface area contributed by atoms with Gasteiger partial charge in [-0.2, -0.15) is 0 Å². The SMILES string of the molecule is O=C(O)C(Cc1ccccc1)NC(Cc1cncn1Cc1ccccc1)C(=O)O. The second kappa shape index (κ2) is 9.66. The first-order valence-corrected chi connectivity index (χ1v) is 9.31. The average molecular weight is 393 g/mol. The lowest BCUT2D eigenvalue weighted by Gasteiger charge is -2.21. The minimum atomic E-state index is -1.10. The highest BCUT2D eigenvalue weighted by molar-refractivity contribution is 5.78. The van der Waals surface area contributed by atoms with Crippen molar-refractivity contribution in [2.45, 2.75) is 31.5 Å². The zero-order valence-corrected chi connectivity index (χ0v) is 15.8. The second-order valence-electron chi connectivity index (χ2n) is 6.84. The van der Waals surface area contributed by atoms with Crippen molar-refractivity contribution in [1.29, 1.82) is 0 Å². The predicted octanol–water partition coefficient (Wildman–Crippen LogP) is 2.21. The van der Waals surface area contributed by atoms with Crippen LogP contribution in [0.1, 0.15) is 16.8 Å². The van der Waals surface area contributed by atoms with Crippen molar-refractivity contribution >= 4 is 11.9 Å². The molecule has 1 heterocycles. The number of nitrogens with one attached hydrogen (secondary N) is 1. The summed E-state index contributed by atoms with van der Waals surface area (Å²) < 4.78 is 1.87. The molecule has 1 aromatic heterocycles. The Morgan fingerprint density at radius 2 is 1.41 bits per heavy atom. The molecule has 0 bridgehead atoms. The summed E-state index contributed by atoms with van der Waals surface area (Å²) in [5.41, 5.74) is 2.61. The standard InChI is InChI=1S/C22H23N3O4/c26-21(27)19(11-16-7-3-1-4-8-16)24-20(22(28)29)12-18-13-23-15-25(18)14-17-9-5-2-6-10-17/h1-10,13,15,19-20,24H,11-12,14H2,(H,26,27)(H,28,29). The third kappa shape index (κ3) is 5.76. The molecule has 0 aliphatic rings. The lowest BCUT2D eigenvalue weighted by atomic mass is 10.0. The van der Waals surface area contributed by atoms with Gasteiger partial charge in [0.15, 0.2) is 0 Å². The largest absolute Gasteiger partial charge is 0.480 e. The molecule has 7 nitrogen and oxygen atoms in total. The molecule has 0 amide bonds. The molecule has 0 fully saturated rings. The third-order valence-electron chi connectivity index (χ3n) is 4.69. The Morgan fingerprint density at radius 3 is 2.00 bits per heavy atom. The Bertz CT molecular complexity index is 941. The summed E-state index contributed by atoms with van der Waals surface area (Å²) in [4.78, 5) is 27.7. The maximum Gasteiger partial charge on any atom is 0.321 e. The molecule has 0 aliphatic heterocycles. The van der Waals surface area contributed by atoms with Gasteiger partial charge >= 0.3 is 11.9 Å². The van der Waals surface area contributed by atoms with E-state index in [1.807, 2.05) is 65.2 Å². The van der Waals surface area contributed by atoms with Crippen LogP contribution in [0.4, 0.5) is 0 Å². The van der Waals surface area contributed by atoms with Gasteiger partial charge in [-0.05, 0) is 17.5 Å². The summed E-state index contributed by atoms with van der Waals surface area (Å²) in [7, 11) is 0. The van der Waals surface area contributed by atoms with Crippen molar-refractivity contribution in [3.8, 4) is 0 Å². The number of carbonyl (C=O) groups is 2. The zero-order chi connectivity index (χ0) is 20.6. The number of rotatable bonds is 10. The summed E-state index contributed by atoms with van der Waals surface area (Å²) in [6, 6.07) is 16.9. The van der Waals surface area contributed by atoms with Gasteiger partial charge in [0.2, 0.25) is 0 Å². The first kappa shape index (κ1) is 20.3. The Balaban J connectivity index is 1.72. The first-order chi connectivity index (χ1) is 14.0. The number of benzene rings is 2. The molecule has 2 atom stereocenters. The number of hydrogen-bond donors (Lipinski definition) is 3. The fraction of sp³-hybridized carbons (Fsp3) is 0.227. The van der Waals surface area contributed by atoms with Gasteiger partial charge in [-0.3, -0.25) is 14.9 Å².